The minimum Gasteiger partial charge on any atom is -0.497 e. The molecule has 4 rings (SSSR count). The number of hydrogen-bond acceptors (Lipinski definition) is 4. The Morgan fingerprint density at radius 1 is 1.21 bits per heavy atom. The van der Waals surface area contributed by atoms with Crippen molar-refractivity contribution in [3.63, 3.8) is 0 Å². The molecule has 0 spiro atoms. The Kier molecular flexibility index (Phi) is 5.92. The van der Waals surface area contributed by atoms with Crippen LogP contribution in [-0.2, 0) is 11.3 Å². The van der Waals surface area contributed by atoms with E-state index in [2.05, 4.69) is 11.9 Å². The van der Waals surface area contributed by atoms with Crippen molar-refractivity contribution in [1.82, 2.24) is 14.7 Å². The van der Waals surface area contributed by atoms with E-state index >= 15 is 0 Å². The SMILES string of the molecule is COc1ccc(-c2nn(-c3ccccc3F)cc2CN(C)C[C@@H]2CCCO2)cc1. The second-order valence-electron chi connectivity index (χ2n) is 7.46. The largest absolute Gasteiger partial charge is 0.497 e. The van der Waals surface area contributed by atoms with Gasteiger partial charge in [0.25, 0.3) is 0 Å². The van der Waals surface area contributed by atoms with Crippen molar-refractivity contribution in [1.29, 1.82) is 0 Å². The van der Waals surface area contributed by atoms with Crippen LogP contribution in [0.2, 0.25) is 0 Å². The molecule has 1 aliphatic rings. The molecule has 0 bridgehead atoms. The first kappa shape index (κ1) is 19.6. The van der Waals surface area contributed by atoms with Gasteiger partial charge in [0.2, 0.25) is 0 Å². The van der Waals surface area contributed by atoms with Crippen LogP contribution in [0, 0.1) is 5.82 Å². The lowest BCUT2D eigenvalue weighted by Crippen LogP contribution is -2.28. The van der Waals surface area contributed by atoms with Crippen LogP contribution in [-0.4, -0.2) is 48.1 Å². The maximum Gasteiger partial charge on any atom is 0.148 e. The van der Waals surface area contributed by atoms with E-state index < -0.39 is 0 Å². The van der Waals surface area contributed by atoms with Crippen molar-refractivity contribution in [2.45, 2.75) is 25.5 Å². The monoisotopic (exact) mass is 395 g/mol. The number of ether oxygens (including phenoxy) is 2. The van der Waals surface area contributed by atoms with E-state index in [0.717, 1.165) is 48.6 Å². The summed E-state index contributed by atoms with van der Waals surface area (Å²) in [7, 11) is 3.73. The predicted octanol–water partition coefficient (Wildman–Crippen LogP) is 4.30. The van der Waals surface area contributed by atoms with E-state index in [1.807, 2.05) is 36.5 Å². The van der Waals surface area contributed by atoms with Crippen LogP contribution in [0.15, 0.2) is 54.7 Å². The minimum absolute atomic E-state index is 0.283. The molecule has 2 aromatic carbocycles. The number of rotatable bonds is 7. The van der Waals surface area contributed by atoms with E-state index in [1.165, 1.54) is 6.07 Å². The van der Waals surface area contributed by atoms with E-state index in [-0.39, 0.29) is 11.9 Å². The van der Waals surface area contributed by atoms with Crippen molar-refractivity contribution >= 4 is 0 Å². The van der Waals surface area contributed by atoms with Crippen molar-refractivity contribution < 1.29 is 13.9 Å². The topological polar surface area (TPSA) is 39.5 Å². The zero-order chi connectivity index (χ0) is 20.2. The van der Waals surface area contributed by atoms with Crippen LogP contribution in [0.25, 0.3) is 16.9 Å². The van der Waals surface area contributed by atoms with Crippen LogP contribution >= 0.6 is 0 Å². The quantitative estimate of drug-likeness (QED) is 0.598. The highest BCUT2D eigenvalue weighted by Gasteiger charge is 2.20. The number of likely N-dealkylation sites (N-methyl/N-ethyl adjacent to an activating group) is 1. The Morgan fingerprint density at radius 3 is 2.69 bits per heavy atom. The molecule has 6 heteroatoms. The van der Waals surface area contributed by atoms with Gasteiger partial charge in [-0.1, -0.05) is 12.1 Å². The molecule has 0 saturated carbocycles. The van der Waals surface area contributed by atoms with E-state index in [9.17, 15) is 4.39 Å². The standard InChI is InChI=1S/C23H26FN3O2/c1-26(16-20-6-5-13-29-20)14-18-15-27(22-8-4-3-7-21(22)24)25-23(18)17-9-11-19(28-2)12-10-17/h3-4,7-12,15,20H,5-6,13-14,16H2,1-2H3/t20-/m0/s1. The highest BCUT2D eigenvalue weighted by molar-refractivity contribution is 5.64. The smallest absolute Gasteiger partial charge is 0.148 e. The fraction of sp³-hybridized carbons (Fsp3) is 0.348. The van der Waals surface area contributed by atoms with Gasteiger partial charge in [0.05, 0.1) is 18.9 Å². The van der Waals surface area contributed by atoms with E-state index in [1.54, 1.807) is 23.9 Å². The molecule has 0 radical (unpaired) electrons. The van der Waals surface area contributed by atoms with Crippen LogP contribution < -0.4 is 4.74 Å². The molecule has 152 valence electrons. The highest BCUT2D eigenvalue weighted by Crippen LogP contribution is 2.27. The molecule has 1 atom stereocenters. The van der Waals surface area contributed by atoms with Crippen LogP contribution in [0.5, 0.6) is 5.75 Å². The van der Waals surface area contributed by atoms with Crippen molar-refractivity contribution in [3.8, 4) is 22.7 Å². The third-order valence-electron chi connectivity index (χ3n) is 5.23. The molecule has 2 heterocycles. The Hall–Kier alpha value is -2.70. The molecule has 1 saturated heterocycles. The number of hydrogen-bond donors (Lipinski definition) is 0. The molecule has 1 fully saturated rings. The average Bonchev–Trinajstić information content (AvgIpc) is 3.38. The summed E-state index contributed by atoms with van der Waals surface area (Å²) < 4.78 is 27.0. The first-order valence-corrected chi connectivity index (χ1v) is 9.92. The normalized spacial score (nSPS) is 16.5. The molecule has 1 aromatic heterocycles. The summed E-state index contributed by atoms with van der Waals surface area (Å²) in [5, 5.41) is 4.73. The van der Waals surface area contributed by atoms with Gasteiger partial charge in [-0.25, -0.2) is 9.07 Å². The third-order valence-corrected chi connectivity index (χ3v) is 5.23. The predicted molar refractivity (Wildman–Crippen MR) is 111 cm³/mol. The van der Waals surface area contributed by atoms with E-state index in [0.29, 0.717) is 12.2 Å². The molecule has 3 aromatic rings. The van der Waals surface area contributed by atoms with Gasteiger partial charge in [0.15, 0.2) is 0 Å². The molecular weight excluding hydrogens is 369 g/mol. The maximum atomic E-state index is 14.3. The maximum absolute atomic E-state index is 14.3. The second kappa shape index (κ2) is 8.76. The zero-order valence-corrected chi connectivity index (χ0v) is 16.8. The Bertz CT molecular complexity index is 949. The molecule has 29 heavy (non-hydrogen) atoms. The average molecular weight is 395 g/mol. The Balaban J connectivity index is 1.66. The lowest BCUT2D eigenvalue weighted by Gasteiger charge is -2.20. The lowest BCUT2D eigenvalue weighted by atomic mass is 10.1. The molecule has 0 N–H and O–H groups in total. The summed E-state index contributed by atoms with van der Waals surface area (Å²) in [5.74, 6) is 0.495. The zero-order valence-electron chi connectivity index (χ0n) is 16.8. The van der Waals surface area contributed by atoms with Crippen LogP contribution in [0.3, 0.4) is 0 Å². The van der Waals surface area contributed by atoms with Crippen LogP contribution in [0.1, 0.15) is 18.4 Å². The van der Waals surface area contributed by atoms with Crippen molar-refractivity contribution in [2.75, 3.05) is 27.3 Å². The van der Waals surface area contributed by atoms with Gasteiger partial charge in [-0.3, -0.25) is 4.90 Å². The van der Waals surface area contributed by atoms with Crippen molar-refractivity contribution in [3.05, 3.63) is 66.1 Å². The number of benzene rings is 2. The fourth-order valence-electron chi connectivity index (χ4n) is 3.77. The summed E-state index contributed by atoms with van der Waals surface area (Å²) in [5.41, 5.74) is 3.30. The third kappa shape index (κ3) is 4.49. The van der Waals surface area contributed by atoms with Gasteiger partial charge < -0.3 is 9.47 Å². The van der Waals surface area contributed by atoms with Crippen LogP contribution in [0.4, 0.5) is 4.39 Å². The molecular formula is C23H26FN3O2. The minimum atomic E-state index is -0.296. The van der Waals surface area contributed by atoms with Gasteiger partial charge in [-0.15, -0.1) is 0 Å². The summed E-state index contributed by atoms with van der Waals surface area (Å²) in [6.07, 6.45) is 4.43. The summed E-state index contributed by atoms with van der Waals surface area (Å²) >= 11 is 0. The first-order chi connectivity index (χ1) is 14.1. The lowest BCUT2D eigenvalue weighted by molar-refractivity contribution is 0.0793. The number of methoxy groups -OCH3 is 1. The fourth-order valence-corrected chi connectivity index (χ4v) is 3.77. The molecule has 0 amide bonds. The number of para-hydroxylation sites is 1. The number of aromatic nitrogens is 2. The molecule has 0 aliphatic carbocycles. The highest BCUT2D eigenvalue weighted by atomic mass is 19.1. The van der Waals surface area contributed by atoms with Gasteiger partial charge in [0.1, 0.15) is 17.3 Å². The van der Waals surface area contributed by atoms with Gasteiger partial charge in [-0.2, -0.15) is 5.10 Å². The summed E-state index contributed by atoms with van der Waals surface area (Å²) in [4.78, 5) is 2.24. The van der Waals surface area contributed by atoms with Gasteiger partial charge in [0, 0.05) is 37.0 Å². The Morgan fingerprint density at radius 2 is 2.00 bits per heavy atom. The molecule has 0 unspecified atom stereocenters. The molecule has 1 aliphatic heterocycles. The van der Waals surface area contributed by atoms with Gasteiger partial charge >= 0.3 is 0 Å². The van der Waals surface area contributed by atoms with E-state index in [4.69, 9.17) is 14.6 Å². The number of halogens is 1. The summed E-state index contributed by atoms with van der Waals surface area (Å²) in [6, 6.07) is 14.5. The molecule has 5 nitrogen and oxygen atoms in total. The Labute approximate surface area is 170 Å². The second-order valence-corrected chi connectivity index (χ2v) is 7.46. The summed E-state index contributed by atoms with van der Waals surface area (Å²) in [6.45, 7) is 2.42. The first-order valence-electron chi connectivity index (χ1n) is 9.92. The van der Waals surface area contributed by atoms with Gasteiger partial charge in [-0.05, 0) is 56.3 Å². The van der Waals surface area contributed by atoms with Crippen molar-refractivity contribution in [2.24, 2.45) is 0 Å². The number of nitrogens with zero attached hydrogens (tertiary/aromatic N) is 3.